The van der Waals surface area contributed by atoms with Crippen LogP contribution in [-0.4, -0.2) is 60.7 Å². The van der Waals surface area contributed by atoms with Crippen molar-refractivity contribution in [3.05, 3.63) is 0 Å². The highest BCUT2D eigenvalue weighted by molar-refractivity contribution is 6.06. The first-order valence-corrected chi connectivity index (χ1v) is 7.72. The number of amidine groups is 1. The van der Waals surface area contributed by atoms with Crippen LogP contribution in [0.3, 0.4) is 0 Å². The van der Waals surface area contributed by atoms with E-state index in [9.17, 15) is 4.79 Å². The zero-order chi connectivity index (χ0) is 15.3. The molecule has 1 heterocycles. The SMILES string of the molecule is CCN(CCNC(=O)C1(C(N)=NO)CCOCC1)C1CC1. The highest BCUT2D eigenvalue weighted by Crippen LogP contribution is 2.31. The molecule has 0 aromatic heterocycles. The number of rotatable bonds is 7. The van der Waals surface area contributed by atoms with Crippen LogP contribution in [0.1, 0.15) is 32.6 Å². The van der Waals surface area contributed by atoms with Crippen molar-refractivity contribution in [3.63, 3.8) is 0 Å². The Bertz CT molecular complexity index is 390. The number of nitrogens with zero attached hydrogens (tertiary/aromatic N) is 2. The van der Waals surface area contributed by atoms with E-state index >= 15 is 0 Å². The lowest BCUT2D eigenvalue weighted by Gasteiger charge is -2.34. The maximum atomic E-state index is 12.5. The van der Waals surface area contributed by atoms with Gasteiger partial charge in [0.25, 0.3) is 0 Å². The van der Waals surface area contributed by atoms with Gasteiger partial charge in [0.05, 0.1) is 0 Å². The quantitative estimate of drug-likeness (QED) is 0.268. The normalized spacial score (nSPS) is 22.3. The van der Waals surface area contributed by atoms with Crippen LogP contribution in [0.2, 0.25) is 0 Å². The van der Waals surface area contributed by atoms with Crippen molar-refractivity contribution in [1.29, 1.82) is 0 Å². The van der Waals surface area contributed by atoms with Gasteiger partial charge in [-0.15, -0.1) is 0 Å². The fraction of sp³-hybridized carbons (Fsp3) is 0.857. The number of carbonyl (C=O) groups excluding carboxylic acids is 1. The highest BCUT2D eigenvalue weighted by atomic mass is 16.5. The Kier molecular flexibility index (Phi) is 5.41. The van der Waals surface area contributed by atoms with Gasteiger partial charge >= 0.3 is 0 Å². The maximum absolute atomic E-state index is 12.5. The summed E-state index contributed by atoms with van der Waals surface area (Å²) in [5.41, 5.74) is 4.85. The largest absolute Gasteiger partial charge is 0.409 e. The third-order valence-corrected chi connectivity index (χ3v) is 4.53. The van der Waals surface area contributed by atoms with E-state index in [1.54, 1.807) is 0 Å². The lowest BCUT2D eigenvalue weighted by Crippen LogP contribution is -2.53. The third-order valence-electron chi connectivity index (χ3n) is 4.53. The fourth-order valence-electron chi connectivity index (χ4n) is 2.94. The second-order valence-electron chi connectivity index (χ2n) is 5.80. The van der Waals surface area contributed by atoms with Crippen LogP contribution in [0.4, 0.5) is 0 Å². The molecule has 0 spiro atoms. The lowest BCUT2D eigenvalue weighted by molar-refractivity contribution is -0.131. The number of ether oxygens (including phenoxy) is 1. The first-order chi connectivity index (χ1) is 10.1. The Morgan fingerprint density at radius 3 is 2.67 bits per heavy atom. The molecule has 120 valence electrons. The topological polar surface area (TPSA) is 100 Å². The Labute approximate surface area is 125 Å². The van der Waals surface area contributed by atoms with Crippen molar-refractivity contribution in [2.24, 2.45) is 16.3 Å². The molecule has 21 heavy (non-hydrogen) atoms. The molecule has 0 atom stereocenters. The lowest BCUT2D eigenvalue weighted by atomic mass is 9.78. The van der Waals surface area contributed by atoms with Gasteiger partial charge in [0, 0.05) is 32.3 Å². The van der Waals surface area contributed by atoms with Crippen LogP contribution in [0.5, 0.6) is 0 Å². The second-order valence-corrected chi connectivity index (χ2v) is 5.80. The Morgan fingerprint density at radius 2 is 2.14 bits per heavy atom. The minimum Gasteiger partial charge on any atom is -0.409 e. The van der Waals surface area contributed by atoms with Gasteiger partial charge in [-0.1, -0.05) is 12.1 Å². The van der Waals surface area contributed by atoms with Crippen LogP contribution in [0, 0.1) is 5.41 Å². The molecule has 0 unspecified atom stereocenters. The van der Waals surface area contributed by atoms with Crippen molar-refractivity contribution < 1.29 is 14.7 Å². The molecule has 1 aliphatic carbocycles. The van der Waals surface area contributed by atoms with Gasteiger partial charge in [-0.25, -0.2) is 0 Å². The van der Waals surface area contributed by atoms with Crippen molar-refractivity contribution in [3.8, 4) is 0 Å². The number of nitrogens with one attached hydrogen (secondary N) is 1. The smallest absolute Gasteiger partial charge is 0.234 e. The van der Waals surface area contributed by atoms with Gasteiger partial charge < -0.3 is 21.0 Å². The number of oxime groups is 1. The van der Waals surface area contributed by atoms with E-state index < -0.39 is 5.41 Å². The first-order valence-electron chi connectivity index (χ1n) is 7.72. The monoisotopic (exact) mass is 298 g/mol. The molecule has 1 saturated heterocycles. The molecule has 1 amide bonds. The summed E-state index contributed by atoms with van der Waals surface area (Å²) in [6, 6.07) is 0.688. The summed E-state index contributed by atoms with van der Waals surface area (Å²) < 4.78 is 5.29. The average molecular weight is 298 g/mol. The predicted octanol–water partition coefficient (Wildman–Crippen LogP) is 0.130. The number of amides is 1. The van der Waals surface area contributed by atoms with E-state index in [4.69, 9.17) is 15.7 Å². The molecule has 0 aromatic carbocycles. The van der Waals surface area contributed by atoms with Crippen LogP contribution in [-0.2, 0) is 9.53 Å². The second kappa shape index (κ2) is 7.09. The Hall–Kier alpha value is -1.34. The average Bonchev–Trinajstić information content (AvgIpc) is 3.36. The van der Waals surface area contributed by atoms with Gasteiger partial charge in [-0.05, 0) is 32.2 Å². The molecule has 2 rings (SSSR count). The van der Waals surface area contributed by atoms with Crippen LogP contribution in [0.15, 0.2) is 5.16 Å². The van der Waals surface area contributed by atoms with Crippen molar-refractivity contribution in [2.45, 2.75) is 38.6 Å². The van der Waals surface area contributed by atoms with E-state index in [1.165, 1.54) is 12.8 Å². The van der Waals surface area contributed by atoms with Gasteiger partial charge in [-0.2, -0.15) is 0 Å². The van der Waals surface area contributed by atoms with Crippen LogP contribution < -0.4 is 11.1 Å². The summed E-state index contributed by atoms with van der Waals surface area (Å²) in [6.45, 7) is 5.47. The zero-order valence-corrected chi connectivity index (χ0v) is 12.7. The highest BCUT2D eigenvalue weighted by Gasteiger charge is 2.44. The van der Waals surface area contributed by atoms with Crippen LogP contribution >= 0.6 is 0 Å². The van der Waals surface area contributed by atoms with Gasteiger partial charge in [0.1, 0.15) is 5.41 Å². The molecule has 4 N–H and O–H groups in total. The number of likely N-dealkylation sites (N-methyl/N-ethyl adjacent to an activating group) is 1. The number of hydrogen-bond acceptors (Lipinski definition) is 5. The molecule has 0 radical (unpaired) electrons. The summed E-state index contributed by atoms with van der Waals surface area (Å²) in [6.07, 6.45) is 3.42. The van der Waals surface area contributed by atoms with E-state index in [2.05, 4.69) is 22.3 Å². The zero-order valence-electron chi connectivity index (χ0n) is 12.7. The minimum atomic E-state index is -0.927. The first kappa shape index (κ1) is 16.0. The summed E-state index contributed by atoms with van der Waals surface area (Å²) >= 11 is 0. The molecule has 0 aromatic rings. The van der Waals surface area contributed by atoms with Crippen molar-refractivity contribution in [2.75, 3.05) is 32.8 Å². The minimum absolute atomic E-state index is 0.0159. The van der Waals surface area contributed by atoms with E-state index in [1.807, 2.05) is 0 Å². The molecule has 2 fully saturated rings. The fourth-order valence-corrected chi connectivity index (χ4v) is 2.94. The molecular weight excluding hydrogens is 272 g/mol. The standard InChI is InChI=1S/C14H26N4O3/c1-2-18(11-3-4-11)8-7-16-13(19)14(12(15)17-20)5-9-21-10-6-14/h11,20H,2-10H2,1H3,(H2,15,17)(H,16,19). The number of nitrogens with two attached hydrogens (primary N) is 1. The van der Waals surface area contributed by atoms with Gasteiger partial charge in [0.15, 0.2) is 5.84 Å². The molecule has 7 heteroatoms. The molecule has 1 aliphatic heterocycles. The van der Waals surface area contributed by atoms with Gasteiger partial charge in [-0.3, -0.25) is 9.69 Å². The molecule has 1 saturated carbocycles. The Balaban J connectivity index is 1.89. The van der Waals surface area contributed by atoms with Crippen molar-refractivity contribution in [1.82, 2.24) is 10.2 Å². The summed E-state index contributed by atoms with van der Waals surface area (Å²) in [5, 5.41) is 15.0. The van der Waals surface area contributed by atoms with Gasteiger partial charge in [0.2, 0.25) is 5.91 Å². The van der Waals surface area contributed by atoms with E-state index in [-0.39, 0.29) is 11.7 Å². The molecular formula is C14H26N4O3. The van der Waals surface area contributed by atoms with E-state index in [0.717, 1.165) is 13.1 Å². The summed E-state index contributed by atoms with van der Waals surface area (Å²) in [7, 11) is 0. The third kappa shape index (κ3) is 3.65. The predicted molar refractivity (Wildman–Crippen MR) is 79.2 cm³/mol. The van der Waals surface area contributed by atoms with Crippen LogP contribution in [0.25, 0.3) is 0 Å². The molecule has 7 nitrogen and oxygen atoms in total. The molecule has 0 bridgehead atoms. The molecule has 2 aliphatic rings. The summed E-state index contributed by atoms with van der Waals surface area (Å²) in [4.78, 5) is 14.9. The number of hydrogen-bond donors (Lipinski definition) is 3. The van der Waals surface area contributed by atoms with E-state index in [0.29, 0.717) is 38.6 Å². The van der Waals surface area contributed by atoms with Crippen molar-refractivity contribution >= 4 is 11.7 Å². The number of carbonyl (C=O) groups is 1. The maximum Gasteiger partial charge on any atom is 0.234 e. The summed E-state index contributed by atoms with van der Waals surface area (Å²) in [5.74, 6) is -0.175. The Morgan fingerprint density at radius 1 is 1.48 bits per heavy atom.